The molecule has 0 aliphatic rings. The minimum absolute atomic E-state index is 0.154. The zero-order valence-electron chi connectivity index (χ0n) is 13.1. The van der Waals surface area contributed by atoms with Crippen LogP contribution in [-0.4, -0.2) is 30.3 Å². The highest BCUT2D eigenvalue weighted by molar-refractivity contribution is 5.94. The van der Waals surface area contributed by atoms with Gasteiger partial charge < -0.3 is 15.3 Å². The number of aromatic nitrogens is 5. The van der Waals surface area contributed by atoms with Gasteiger partial charge in [0.1, 0.15) is 5.75 Å². The molecule has 5 rings (SSSR count). The predicted molar refractivity (Wildman–Crippen MR) is 96.1 cm³/mol. The van der Waals surface area contributed by atoms with Crippen molar-refractivity contribution < 1.29 is 5.11 Å². The number of rotatable bonds is 2. The van der Waals surface area contributed by atoms with E-state index in [9.17, 15) is 5.11 Å². The highest BCUT2D eigenvalue weighted by Crippen LogP contribution is 2.33. The summed E-state index contributed by atoms with van der Waals surface area (Å²) in [6, 6.07) is 13.2. The first-order valence-corrected chi connectivity index (χ1v) is 7.85. The number of phenols is 1. The fourth-order valence-electron chi connectivity index (χ4n) is 2.99. The summed E-state index contributed by atoms with van der Waals surface area (Å²) in [7, 11) is 0. The molecule has 3 N–H and O–H groups in total. The minimum atomic E-state index is 0.154. The normalized spacial score (nSPS) is 11.4. The van der Waals surface area contributed by atoms with Crippen LogP contribution < -0.4 is 0 Å². The van der Waals surface area contributed by atoms with Crippen LogP contribution in [0.1, 0.15) is 0 Å². The lowest BCUT2D eigenvalue weighted by molar-refractivity contribution is 0.477. The maximum absolute atomic E-state index is 10.3. The Kier molecular flexibility index (Phi) is 2.84. The summed E-state index contributed by atoms with van der Waals surface area (Å²) in [4.78, 5) is 13.3. The summed E-state index contributed by atoms with van der Waals surface area (Å²) in [6.07, 6.45) is 5.40. The van der Waals surface area contributed by atoms with Crippen molar-refractivity contribution in [3.8, 4) is 28.3 Å². The number of hydrogen-bond donors (Lipinski definition) is 3. The highest BCUT2D eigenvalue weighted by atomic mass is 16.3. The van der Waals surface area contributed by atoms with Crippen molar-refractivity contribution in [2.75, 3.05) is 0 Å². The van der Waals surface area contributed by atoms with E-state index >= 15 is 0 Å². The quantitative estimate of drug-likeness (QED) is 0.459. The van der Waals surface area contributed by atoms with Gasteiger partial charge in [-0.15, -0.1) is 0 Å². The highest BCUT2D eigenvalue weighted by Gasteiger charge is 2.13. The van der Waals surface area contributed by atoms with Crippen molar-refractivity contribution in [3.05, 3.63) is 61.1 Å². The molecule has 0 atom stereocenters. The minimum Gasteiger partial charge on any atom is -0.507 e. The second-order valence-electron chi connectivity index (χ2n) is 5.86. The topological polar surface area (TPSA) is 90.5 Å². The molecule has 0 spiro atoms. The van der Waals surface area contributed by atoms with Crippen LogP contribution in [0.2, 0.25) is 0 Å². The molecule has 5 aromatic rings. The summed E-state index contributed by atoms with van der Waals surface area (Å²) in [5, 5.41) is 17.3. The molecule has 0 saturated carbocycles. The third kappa shape index (κ3) is 2.23. The molecular formula is C19H13N5O. The van der Waals surface area contributed by atoms with Gasteiger partial charge in [0, 0.05) is 29.5 Å². The lowest BCUT2D eigenvalue weighted by Gasteiger charge is -2.05. The van der Waals surface area contributed by atoms with Crippen LogP contribution >= 0.6 is 0 Å². The summed E-state index contributed by atoms with van der Waals surface area (Å²) in [5.74, 6) is 0.664. The number of imidazole rings is 1. The van der Waals surface area contributed by atoms with Crippen molar-refractivity contribution in [1.29, 1.82) is 0 Å². The van der Waals surface area contributed by atoms with Crippen LogP contribution in [0, 0.1) is 0 Å². The molecule has 0 bridgehead atoms. The zero-order chi connectivity index (χ0) is 16.8. The number of nitrogens with one attached hydrogen (secondary N) is 2. The van der Waals surface area contributed by atoms with Gasteiger partial charge in [-0.3, -0.25) is 4.98 Å². The zero-order valence-corrected chi connectivity index (χ0v) is 13.1. The van der Waals surface area contributed by atoms with E-state index in [1.165, 1.54) is 0 Å². The average Bonchev–Trinajstić information content (AvgIpc) is 3.26. The van der Waals surface area contributed by atoms with Gasteiger partial charge in [-0.25, -0.2) is 9.97 Å². The van der Waals surface area contributed by atoms with Gasteiger partial charge in [0.2, 0.25) is 0 Å². The predicted octanol–water partition coefficient (Wildman–Crippen LogP) is 3.87. The molecular weight excluding hydrogens is 314 g/mol. The Morgan fingerprint density at radius 2 is 1.80 bits per heavy atom. The molecule has 25 heavy (non-hydrogen) atoms. The molecule has 3 heterocycles. The van der Waals surface area contributed by atoms with E-state index in [4.69, 9.17) is 0 Å². The van der Waals surface area contributed by atoms with Crippen LogP contribution in [0.25, 0.3) is 44.5 Å². The second-order valence-corrected chi connectivity index (χ2v) is 5.86. The Morgan fingerprint density at radius 3 is 2.64 bits per heavy atom. The van der Waals surface area contributed by atoms with E-state index in [1.807, 2.05) is 42.6 Å². The van der Waals surface area contributed by atoms with Gasteiger partial charge in [-0.05, 0) is 35.9 Å². The lowest BCUT2D eigenvalue weighted by atomic mass is 10.0. The van der Waals surface area contributed by atoms with Crippen molar-refractivity contribution in [2.24, 2.45) is 0 Å². The molecule has 0 saturated heterocycles. The van der Waals surface area contributed by atoms with E-state index < -0.39 is 0 Å². The molecule has 6 nitrogen and oxygen atoms in total. The van der Waals surface area contributed by atoms with Gasteiger partial charge in [0.05, 0.1) is 22.1 Å². The summed E-state index contributed by atoms with van der Waals surface area (Å²) in [5.41, 5.74) is 5.08. The van der Waals surface area contributed by atoms with E-state index in [0.717, 1.165) is 33.1 Å². The average molecular weight is 327 g/mol. The monoisotopic (exact) mass is 327 g/mol. The van der Waals surface area contributed by atoms with Gasteiger partial charge in [0.15, 0.2) is 5.82 Å². The Hall–Kier alpha value is -3.67. The van der Waals surface area contributed by atoms with Crippen LogP contribution in [0.5, 0.6) is 5.75 Å². The Morgan fingerprint density at radius 1 is 0.920 bits per heavy atom. The first kappa shape index (κ1) is 13.7. The molecule has 120 valence electrons. The molecule has 3 aromatic heterocycles. The van der Waals surface area contributed by atoms with Crippen LogP contribution in [0.15, 0.2) is 61.1 Å². The lowest BCUT2D eigenvalue weighted by Crippen LogP contribution is -1.85. The number of pyridine rings is 1. The fraction of sp³-hybridized carbons (Fsp3) is 0. The van der Waals surface area contributed by atoms with Crippen LogP contribution in [-0.2, 0) is 0 Å². The maximum atomic E-state index is 10.3. The number of nitrogens with zero attached hydrogens (tertiary/aromatic N) is 3. The third-order valence-corrected chi connectivity index (χ3v) is 4.27. The third-order valence-electron chi connectivity index (χ3n) is 4.27. The summed E-state index contributed by atoms with van der Waals surface area (Å²) >= 11 is 0. The van der Waals surface area contributed by atoms with Gasteiger partial charge >= 0.3 is 0 Å². The number of fused-ring (bicyclic) bond motifs is 2. The maximum Gasteiger partial charge on any atom is 0.164 e. The molecule has 6 heteroatoms. The smallest absolute Gasteiger partial charge is 0.164 e. The SMILES string of the molecule is Oc1ccc(-c2cccnc2)cc1-c1nc2cc3c[nH][nH]c3cc2n1. The van der Waals surface area contributed by atoms with E-state index in [2.05, 4.69) is 25.1 Å². The molecule has 2 aromatic carbocycles. The van der Waals surface area contributed by atoms with Crippen molar-refractivity contribution in [3.63, 3.8) is 0 Å². The van der Waals surface area contributed by atoms with Crippen molar-refractivity contribution in [1.82, 2.24) is 25.1 Å². The number of H-pyrrole nitrogens is 2. The second kappa shape index (κ2) is 5.17. The van der Waals surface area contributed by atoms with E-state index in [-0.39, 0.29) is 5.75 Å². The number of benzene rings is 2. The molecule has 0 unspecified atom stereocenters. The number of aromatic amines is 2. The Labute approximate surface area is 142 Å². The van der Waals surface area contributed by atoms with Gasteiger partial charge in [0.25, 0.3) is 0 Å². The van der Waals surface area contributed by atoms with Crippen LogP contribution in [0.4, 0.5) is 0 Å². The van der Waals surface area contributed by atoms with Gasteiger partial charge in [-0.2, -0.15) is 0 Å². The van der Waals surface area contributed by atoms with E-state index in [0.29, 0.717) is 11.4 Å². The summed E-state index contributed by atoms with van der Waals surface area (Å²) < 4.78 is 0. The molecule has 0 radical (unpaired) electrons. The molecule has 0 amide bonds. The Balaban J connectivity index is 1.68. The van der Waals surface area contributed by atoms with E-state index in [1.54, 1.807) is 18.5 Å². The first-order chi connectivity index (χ1) is 12.3. The summed E-state index contributed by atoms with van der Waals surface area (Å²) in [6.45, 7) is 0. The largest absolute Gasteiger partial charge is 0.507 e. The molecule has 0 aliphatic carbocycles. The number of phenolic OH excluding ortho intramolecular Hbond substituents is 1. The fourth-order valence-corrected chi connectivity index (χ4v) is 2.99. The molecule has 0 aliphatic heterocycles. The van der Waals surface area contributed by atoms with Crippen LogP contribution in [0.3, 0.4) is 0 Å². The van der Waals surface area contributed by atoms with Crippen molar-refractivity contribution >= 4 is 21.9 Å². The number of aromatic hydroxyl groups is 1. The standard InChI is InChI=1S/C19H13N5O/c25-18-4-3-11(12-2-1-5-20-9-12)6-14(18)19-22-16-7-13-10-21-24-15(13)8-17(16)23-19/h1-10,21,24-25H. The number of hydrogen-bond acceptors (Lipinski definition) is 4. The molecule has 0 fully saturated rings. The Bertz CT molecular complexity index is 1160. The first-order valence-electron chi connectivity index (χ1n) is 7.85. The van der Waals surface area contributed by atoms with Crippen molar-refractivity contribution in [2.45, 2.75) is 0 Å². The van der Waals surface area contributed by atoms with Gasteiger partial charge in [-0.1, -0.05) is 12.1 Å².